The van der Waals surface area contributed by atoms with E-state index in [2.05, 4.69) is 25.5 Å². The van der Waals surface area contributed by atoms with Crippen LogP contribution in [0, 0.1) is 12.7 Å². The van der Waals surface area contributed by atoms with Crippen molar-refractivity contribution in [2.45, 2.75) is 50.5 Å². The molecule has 2 aliphatic rings. The third-order valence-corrected chi connectivity index (χ3v) is 6.66. The van der Waals surface area contributed by atoms with Gasteiger partial charge in [-0.1, -0.05) is 6.07 Å². The van der Waals surface area contributed by atoms with Gasteiger partial charge in [-0.25, -0.2) is 23.1 Å². The normalized spacial score (nSPS) is 17.1. The minimum atomic E-state index is -2.69. The number of nitrogens with one attached hydrogen (secondary N) is 1. The Labute approximate surface area is 204 Å². The molecule has 6 rings (SSSR count). The van der Waals surface area contributed by atoms with E-state index in [0.29, 0.717) is 28.7 Å². The number of carbonyl (C=O) groups excluding carboxylic acids is 1. The lowest BCUT2D eigenvalue weighted by atomic mass is 9.88. The highest BCUT2D eigenvalue weighted by Crippen LogP contribution is 2.46. The van der Waals surface area contributed by atoms with Gasteiger partial charge >= 0.3 is 0 Å². The summed E-state index contributed by atoms with van der Waals surface area (Å²) in [5.41, 5.74) is 2.54. The van der Waals surface area contributed by atoms with Crippen LogP contribution in [-0.2, 0) is 0 Å². The molecule has 2 fully saturated rings. The fourth-order valence-corrected chi connectivity index (χ4v) is 4.51. The number of aryl methyl sites for hydroxylation is 1. The maximum Gasteiger partial charge on any atom is 0.259 e. The lowest BCUT2D eigenvalue weighted by Crippen LogP contribution is -2.37. The van der Waals surface area contributed by atoms with Crippen molar-refractivity contribution >= 4 is 11.7 Å². The third kappa shape index (κ3) is 4.14. The zero-order valence-corrected chi connectivity index (χ0v) is 19.3. The first-order valence-electron chi connectivity index (χ1n) is 11.7. The summed E-state index contributed by atoms with van der Waals surface area (Å²) in [6.07, 6.45) is 6.64. The number of pyridine rings is 1. The predicted molar refractivity (Wildman–Crippen MR) is 125 cm³/mol. The molecule has 0 saturated heterocycles. The van der Waals surface area contributed by atoms with Crippen molar-refractivity contribution in [3.05, 3.63) is 71.8 Å². The number of rotatable bonds is 6. The number of hydrogen-bond acceptors (Lipinski definition) is 5. The number of imidazole rings is 1. The summed E-state index contributed by atoms with van der Waals surface area (Å²) in [5.74, 6) is -3.05. The number of benzene rings is 1. The Morgan fingerprint density at radius 2 is 1.97 bits per heavy atom. The van der Waals surface area contributed by atoms with Crippen LogP contribution < -0.4 is 5.32 Å². The van der Waals surface area contributed by atoms with Gasteiger partial charge in [0.05, 0.1) is 23.3 Å². The number of aromatic nitrogens is 6. The number of amides is 1. The average Bonchev–Trinajstić information content (AvgIpc) is 3.35. The topological polar surface area (TPSA) is 90.5 Å². The zero-order chi connectivity index (χ0) is 25.0. The second-order valence-electron chi connectivity index (χ2n) is 9.44. The molecule has 0 aliphatic heterocycles. The van der Waals surface area contributed by atoms with Crippen molar-refractivity contribution < 1.29 is 18.0 Å². The van der Waals surface area contributed by atoms with Gasteiger partial charge in [0, 0.05) is 31.0 Å². The summed E-state index contributed by atoms with van der Waals surface area (Å²) in [6.45, 7) is 1.77. The number of alkyl halides is 2. The van der Waals surface area contributed by atoms with E-state index < -0.39 is 23.7 Å². The van der Waals surface area contributed by atoms with Crippen molar-refractivity contribution in [1.29, 1.82) is 0 Å². The molecule has 2 aliphatic carbocycles. The molecule has 1 N–H and O–H groups in total. The van der Waals surface area contributed by atoms with Crippen LogP contribution in [0.3, 0.4) is 0 Å². The van der Waals surface area contributed by atoms with Crippen LogP contribution in [0.15, 0.2) is 49.2 Å². The second kappa shape index (κ2) is 8.28. The fraction of sp³-hybridized carbons (Fsp3) is 0.320. The Bertz CT molecular complexity index is 1470. The first kappa shape index (κ1) is 22.4. The minimum Gasteiger partial charge on any atom is -0.309 e. The molecule has 1 amide bonds. The lowest BCUT2D eigenvalue weighted by Gasteiger charge is -2.35. The Kier molecular flexibility index (Phi) is 5.16. The highest BCUT2D eigenvalue weighted by molar-refractivity contribution is 6.04. The quantitative estimate of drug-likeness (QED) is 0.405. The van der Waals surface area contributed by atoms with Gasteiger partial charge in [-0.2, -0.15) is 0 Å². The third-order valence-electron chi connectivity index (χ3n) is 6.66. The summed E-state index contributed by atoms with van der Waals surface area (Å²) in [5, 5.41) is 10.5. The summed E-state index contributed by atoms with van der Waals surface area (Å²) in [4.78, 5) is 21.9. The van der Waals surface area contributed by atoms with Crippen LogP contribution >= 0.6 is 0 Å². The maximum absolute atomic E-state index is 14.8. The van der Waals surface area contributed by atoms with Crippen molar-refractivity contribution in [3.63, 3.8) is 0 Å². The molecular formula is C25H22F3N7O. The summed E-state index contributed by atoms with van der Waals surface area (Å²) in [7, 11) is 0. The SMILES string of the molecule is Cc1cc(F)c(C(=O)Nc2cccc(-c3nncn3C3CC(F)(F)C3)n2)cc1-n1cnc(C2CC2)c1. The molecule has 0 atom stereocenters. The van der Waals surface area contributed by atoms with Crippen molar-refractivity contribution in [1.82, 2.24) is 29.3 Å². The van der Waals surface area contributed by atoms with Gasteiger partial charge in [-0.3, -0.25) is 4.79 Å². The molecule has 0 unspecified atom stereocenters. The smallest absolute Gasteiger partial charge is 0.259 e. The highest BCUT2D eigenvalue weighted by Gasteiger charge is 2.47. The van der Waals surface area contributed by atoms with E-state index in [0.717, 1.165) is 18.5 Å². The van der Waals surface area contributed by atoms with Crippen LogP contribution in [0.2, 0.25) is 0 Å². The number of hydrogen-bond donors (Lipinski definition) is 1. The van der Waals surface area contributed by atoms with Crippen LogP contribution in [0.5, 0.6) is 0 Å². The van der Waals surface area contributed by atoms with Crippen LogP contribution in [0.1, 0.15) is 59.3 Å². The average molecular weight is 493 g/mol. The monoisotopic (exact) mass is 493 g/mol. The summed E-state index contributed by atoms with van der Waals surface area (Å²) >= 11 is 0. The molecule has 4 aromatic rings. The summed E-state index contributed by atoms with van der Waals surface area (Å²) in [6, 6.07) is 7.25. The van der Waals surface area contributed by atoms with Gasteiger partial charge in [0.25, 0.3) is 11.8 Å². The Balaban J connectivity index is 1.25. The minimum absolute atomic E-state index is 0.135. The molecule has 1 aromatic carbocycles. The number of carbonyl (C=O) groups is 1. The van der Waals surface area contributed by atoms with Crippen molar-refractivity contribution in [2.24, 2.45) is 0 Å². The molecule has 2 saturated carbocycles. The molecule has 184 valence electrons. The van der Waals surface area contributed by atoms with E-state index in [-0.39, 0.29) is 24.2 Å². The zero-order valence-electron chi connectivity index (χ0n) is 19.3. The second-order valence-corrected chi connectivity index (χ2v) is 9.44. The van der Waals surface area contributed by atoms with Crippen LogP contribution in [0.4, 0.5) is 19.0 Å². The van der Waals surface area contributed by atoms with E-state index in [1.807, 2.05) is 6.20 Å². The molecule has 11 heteroatoms. The van der Waals surface area contributed by atoms with E-state index in [4.69, 9.17) is 0 Å². The van der Waals surface area contributed by atoms with Gasteiger partial charge in [0.15, 0.2) is 5.82 Å². The molecule has 8 nitrogen and oxygen atoms in total. The summed E-state index contributed by atoms with van der Waals surface area (Å²) < 4.78 is 44.9. The Morgan fingerprint density at radius 1 is 1.17 bits per heavy atom. The first-order valence-corrected chi connectivity index (χ1v) is 11.7. The molecule has 0 bridgehead atoms. The van der Waals surface area contributed by atoms with Gasteiger partial charge in [-0.05, 0) is 49.6 Å². The maximum atomic E-state index is 14.8. The number of halogens is 3. The van der Waals surface area contributed by atoms with E-state index in [1.54, 1.807) is 40.6 Å². The molecular weight excluding hydrogens is 471 g/mol. The number of nitrogens with zero attached hydrogens (tertiary/aromatic N) is 6. The standard InChI is InChI=1S/C25H22F3N7O/c1-14-7-18(26)17(8-21(14)34-11-20(29-12-34)15-5-6-15)24(36)32-22-4-2-3-19(31-22)23-33-30-13-35(23)16-9-25(27,28)10-16/h2-4,7-8,11-13,15-16H,5-6,9-10H2,1H3,(H,31,32,36). The van der Waals surface area contributed by atoms with Gasteiger partial charge in [-0.15, -0.1) is 10.2 Å². The van der Waals surface area contributed by atoms with Crippen LogP contribution in [0.25, 0.3) is 17.2 Å². The van der Waals surface area contributed by atoms with E-state index in [1.165, 1.54) is 18.5 Å². The van der Waals surface area contributed by atoms with Gasteiger partial charge < -0.3 is 14.5 Å². The highest BCUT2D eigenvalue weighted by atomic mass is 19.3. The first-order chi connectivity index (χ1) is 17.3. The lowest BCUT2D eigenvalue weighted by molar-refractivity contribution is -0.103. The molecule has 3 heterocycles. The largest absolute Gasteiger partial charge is 0.309 e. The molecule has 36 heavy (non-hydrogen) atoms. The Morgan fingerprint density at radius 3 is 2.72 bits per heavy atom. The molecule has 0 radical (unpaired) electrons. The van der Waals surface area contributed by atoms with Gasteiger partial charge in [0.2, 0.25) is 0 Å². The molecule has 0 spiro atoms. The van der Waals surface area contributed by atoms with E-state index in [9.17, 15) is 18.0 Å². The van der Waals surface area contributed by atoms with Gasteiger partial charge in [0.1, 0.15) is 23.7 Å². The van der Waals surface area contributed by atoms with Crippen LogP contribution in [-0.4, -0.2) is 41.1 Å². The predicted octanol–water partition coefficient (Wildman–Crippen LogP) is 5.07. The number of anilines is 1. The van der Waals surface area contributed by atoms with Crippen molar-refractivity contribution in [2.75, 3.05) is 5.32 Å². The van der Waals surface area contributed by atoms with E-state index >= 15 is 0 Å². The fourth-order valence-electron chi connectivity index (χ4n) is 4.51. The molecule has 3 aromatic heterocycles. The van der Waals surface area contributed by atoms with Crippen molar-refractivity contribution in [3.8, 4) is 17.2 Å². The Hall–Kier alpha value is -4.02.